The van der Waals surface area contributed by atoms with Gasteiger partial charge in [0.1, 0.15) is 0 Å². The highest BCUT2D eigenvalue weighted by Crippen LogP contribution is 2.33. The summed E-state index contributed by atoms with van der Waals surface area (Å²) in [6, 6.07) is 10.4. The molecule has 1 aromatic carbocycles. The van der Waals surface area contributed by atoms with E-state index in [1.807, 2.05) is 33.8 Å². The van der Waals surface area contributed by atoms with Crippen LogP contribution in [0.15, 0.2) is 30.3 Å². The lowest BCUT2D eigenvalue weighted by atomic mass is 9.89. The molecule has 4 heteroatoms. The van der Waals surface area contributed by atoms with Crippen molar-refractivity contribution in [1.29, 1.82) is 0 Å². The van der Waals surface area contributed by atoms with Crippen molar-refractivity contribution in [3.05, 3.63) is 35.9 Å². The first-order valence-electron chi connectivity index (χ1n) is 8.13. The Morgan fingerprint density at radius 1 is 1.32 bits per heavy atom. The van der Waals surface area contributed by atoms with Crippen molar-refractivity contribution < 1.29 is 4.79 Å². The molecule has 1 aliphatic heterocycles. The van der Waals surface area contributed by atoms with Crippen LogP contribution in [0.25, 0.3) is 0 Å². The molecule has 1 amide bonds. The summed E-state index contributed by atoms with van der Waals surface area (Å²) < 4.78 is 0. The van der Waals surface area contributed by atoms with E-state index in [9.17, 15) is 4.79 Å². The summed E-state index contributed by atoms with van der Waals surface area (Å²) in [7, 11) is 0. The predicted octanol–water partition coefficient (Wildman–Crippen LogP) is 1.96. The third-order valence-electron chi connectivity index (χ3n) is 4.43. The van der Waals surface area contributed by atoms with Crippen LogP contribution >= 0.6 is 0 Å². The maximum Gasteiger partial charge on any atom is 0.237 e. The lowest BCUT2D eigenvalue weighted by molar-refractivity contribution is -0.127. The van der Waals surface area contributed by atoms with Crippen LogP contribution in [0.2, 0.25) is 0 Å². The van der Waals surface area contributed by atoms with Gasteiger partial charge in [-0.2, -0.15) is 0 Å². The Hall–Kier alpha value is -1.39. The molecule has 3 atom stereocenters. The van der Waals surface area contributed by atoms with Crippen LogP contribution in [0.3, 0.4) is 0 Å². The number of carbonyl (C=O) groups is 1. The Bertz CT molecular complexity index is 495. The molecule has 2 rings (SSSR count). The number of nitrogens with two attached hydrogens (primary N) is 1. The third kappa shape index (κ3) is 4.08. The smallest absolute Gasteiger partial charge is 0.237 e. The Kier molecular flexibility index (Phi) is 5.24. The highest BCUT2D eigenvalue weighted by molar-refractivity contribution is 5.82. The van der Waals surface area contributed by atoms with Crippen LogP contribution in [0.1, 0.15) is 39.2 Å². The molecule has 22 heavy (non-hydrogen) atoms. The average molecular weight is 303 g/mol. The number of hydrogen-bond acceptors (Lipinski definition) is 3. The fourth-order valence-electron chi connectivity index (χ4n) is 3.18. The summed E-state index contributed by atoms with van der Waals surface area (Å²) in [5.74, 6) is 0.917. The monoisotopic (exact) mass is 303 g/mol. The van der Waals surface area contributed by atoms with E-state index in [2.05, 4.69) is 34.5 Å². The fourth-order valence-corrected chi connectivity index (χ4v) is 3.18. The fraction of sp³-hybridized carbons (Fsp3) is 0.611. The molecule has 0 aliphatic carbocycles. The van der Waals surface area contributed by atoms with Crippen molar-refractivity contribution in [3.8, 4) is 0 Å². The van der Waals surface area contributed by atoms with Crippen molar-refractivity contribution in [2.45, 2.75) is 45.2 Å². The van der Waals surface area contributed by atoms with Gasteiger partial charge in [-0.1, -0.05) is 30.3 Å². The Morgan fingerprint density at radius 2 is 1.95 bits per heavy atom. The second-order valence-corrected chi connectivity index (χ2v) is 7.38. The molecule has 122 valence electrons. The van der Waals surface area contributed by atoms with Crippen molar-refractivity contribution in [2.75, 3.05) is 19.6 Å². The van der Waals surface area contributed by atoms with Crippen LogP contribution in [0.4, 0.5) is 0 Å². The van der Waals surface area contributed by atoms with Gasteiger partial charge in [0.2, 0.25) is 5.91 Å². The van der Waals surface area contributed by atoms with E-state index in [0.29, 0.717) is 18.4 Å². The van der Waals surface area contributed by atoms with Crippen molar-refractivity contribution in [3.63, 3.8) is 0 Å². The van der Waals surface area contributed by atoms with Crippen LogP contribution in [-0.4, -0.2) is 42.0 Å². The molecule has 0 bridgehead atoms. The molecule has 0 spiro atoms. The zero-order valence-electron chi connectivity index (χ0n) is 14.2. The minimum atomic E-state index is -0.197. The quantitative estimate of drug-likeness (QED) is 0.894. The average Bonchev–Trinajstić information content (AvgIpc) is 2.89. The molecule has 3 N–H and O–H groups in total. The van der Waals surface area contributed by atoms with E-state index in [0.717, 1.165) is 13.1 Å². The van der Waals surface area contributed by atoms with Gasteiger partial charge in [0.25, 0.3) is 0 Å². The molecule has 1 saturated heterocycles. The molecule has 0 aromatic heterocycles. The first kappa shape index (κ1) is 17.0. The van der Waals surface area contributed by atoms with Gasteiger partial charge in [-0.15, -0.1) is 0 Å². The highest BCUT2D eigenvalue weighted by Gasteiger charge is 2.37. The second kappa shape index (κ2) is 6.80. The summed E-state index contributed by atoms with van der Waals surface area (Å²) >= 11 is 0. The Morgan fingerprint density at radius 3 is 2.50 bits per heavy atom. The molecule has 4 nitrogen and oxygen atoms in total. The number of hydrogen-bond donors (Lipinski definition) is 2. The maximum atomic E-state index is 12.4. The zero-order chi connectivity index (χ0) is 16.3. The van der Waals surface area contributed by atoms with E-state index < -0.39 is 0 Å². The summed E-state index contributed by atoms with van der Waals surface area (Å²) in [5, 5.41) is 3.07. The highest BCUT2D eigenvalue weighted by atomic mass is 16.2. The van der Waals surface area contributed by atoms with E-state index in [-0.39, 0.29) is 17.5 Å². The summed E-state index contributed by atoms with van der Waals surface area (Å²) in [6.07, 6.45) is 0. The van der Waals surface area contributed by atoms with Gasteiger partial charge in [-0.25, -0.2) is 0 Å². The lowest BCUT2D eigenvalue weighted by Gasteiger charge is -2.28. The van der Waals surface area contributed by atoms with Crippen LogP contribution in [0, 0.1) is 5.92 Å². The molecule has 1 aromatic rings. The van der Waals surface area contributed by atoms with Crippen LogP contribution < -0.4 is 11.1 Å². The SMILES string of the molecule is CC(C(=O)NC(C)(C)C)N1C[C@@H](CN)[C@H](c2ccccc2)C1. The van der Waals surface area contributed by atoms with Gasteiger partial charge in [0.05, 0.1) is 6.04 Å². The number of nitrogens with one attached hydrogen (secondary N) is 1. The zero-order valence-corrected chi connectivity index (χ0v) is 14.2. The largest absolute Gasteiger partial charge is 0.350 e. The number of rotatable bonds is 4. The normalized spacial score (nSPS) is 24.2. The molecule has 0 saturated carbocycles. The molecule has 1 heterocycles. The third-order valence-corrected chi connectivity index (χ3v) is 4.43. The lowest BCUT2D eigenvalue weighted by Crippen LogP contribution is -2.50. The number of carbonyl (C=O) groups excluding carboxylic acids is 1. The molecule has 1 fully saturated rings. The topological polar surface area (TPSA) is 58.4 Å². The number of likely N-dealkylation sites (tertiary alicyclic amines) is 1. The minimum Gasteiger partial charge on any atom is -0.350 e. The molecular formula is C18H29N3O. The van der Waals surface area contributed by atoms with Crippen molar-refractivity contribution in [2.24, 2.45) is 11.7 Å². The standard InChI is InChI=1S/C18H29N3O/c1-13(17(22)20-18(2,3)4)21-11-15(10-19)16(12-21)14-8-6-5-7-9-14/h5-9,13,15-16H,10-12,19H2,1-4H3,(H,20,22)/t13?,15-,16+/m1/s1. The Labute approximate surface area is 134 Å². The van der Waals surface area contributed by atoms with Gasteiger partial charge in [-0.05, 0) is 45.7 Å². The summed E-state index contributed by atoms with van der Waals surface area (Å²) in [6.45, 7) is 10.5. The maximum absolute atomic E-state index is 12.4. The van der Waals surface area contributed by atoms with Crippen molar-refractivity contribution in [1.82, 2.24) is 10.2 Å². The van der Waals surface area contributed by atoms with Gasteiger partial charge in [0.15, 0.2) is 0 Å². The minimum absolute atomic E-state index is 0.0944. The molecule has 1 aliphatic rings. The molecular weight excluding hydrogens is 274 g/mol. The van der Waals surface area contributed by atoms with Gasteiger partial charge < -0.3 is 11.1 Å². The van der Waals surface area contributed by atoms with Gasteiger partial charge in [0, 0.05) is 24.5 Å². The first-order chi connectivity index (χ1) is 10.3. The first-order valence-corrected chi connectivity index (χ1v) is 8.13. The summed E-state index contributed by atoms with van der Waals surface area (Å²) in [4.78, 5) is 14.7. The molecule has 1 unspecified atom stereocenters. The number of nitrogens with zero attached hydrogens (tertiary/aromatic N) is 1. The predicted molar refractivity (Wildman–Crippen MR) is 90.7 cm³/mol. The second-order valence-electron chi connectivity index (χ2n) is 7.38. The summed E-state index contributed by atoms with van der Waals surface area (Å²) in [5.41, 5.74) is 7.10. The Balaban J connectivity index is 2.07. The molecule has 0 radical (unpaired) electrons. The van der Waals surface area contributed by atoms with E-state index in [1.54, 1.807) is 0 Å². The van der Waals surface area contributed by atoms with E-state index in [1.165, 1.54) is 5.56 Å². The van der Waals surface area contributed by atoms with E-state index >= 15 is 0 Å². The van der Waals surface area contributed by atoms with Gasteiger partial charge in [-0.3, -0.25) is 9.69 Å². The number of benzene rings is 1. The van der Waals surface area contributed by atoms with Crippen LogP contribution in [0.5, 0.6) is 0 Å². The van der Waals surface area contributed by atoms with Gasteiger partial charge >= 0.3 is 0 Å². The van der Waals surface area contributed by atoms with Crippen molar-refractivity contribution >= 4 is 5.91 Å². The van der Waals surface area contributed by atoms with E-state index in [4.69, 9.17) is 5.73 Å². The number of amides is 1. The van der Waals surface area contributed by atoms with Crippen LogP contribution in [-0.2, 0) is 4.79 Å².